The van der Waals surface area contributed by atoms with Gasteiger partial charge in [-0.25, -0.2) is 12.8 Å². The van der Waals surface area contributed by atoms with E-state index in [0.717, 1.165) is 25.0 Å². The van der Waals surface area contributed by atoms with E-state index in [1.54, 1.807) is 6.07 Å². The zero-order valence-electron chi connectivity index (χ0n) is 12.2. The first kappa shape index (κ1) is 15.7. The van der Waals surface area contributed by atoms with Gasteiger partial charge in [-0.1, -0.05) is 13.8 Å². The average molecular weight is 310 g/mol. The number of hydrogen-bond donors (Lipinski definition) is 0. The van der Waals surface area contributed by atoms with Crippen LogP contribution in [0.15, 0.2) is 41.4 Å². The summed E-state index contributed by atoms with van der Waals surface area (Å²) < 4.78 is 39.2. The molecule has 0 atom stereocenters. The molecule has 0 bridgehead atoms. The molecule has 1 heterocycles. The maximum absolute atomic E-state index is 12.9. The third-order valence-corrected chi connectivity index (χ3v) is 5.16. The van der Waals surface area contributed by atoms with Gasteiger partial charge in [0.25, 0.3) is 0 Å². The van der Waals surface area contributed by atoms with Gasteiger partial charge < -0.3 is 0 Å². The van der Waals surface area contributed by atoms with Gasteiger partial charge in [-0.3, -0.25) is 4.68 Å². The van der Waals surface area contributed by atoms with Crippen molar-refractivity contribution in [3.05, 3.63) is 48.0 Å². The van der Waals surface area contributed by atoms with Crippen LogP contribution in [0.5, 0.6) is 0 Å². The molecule has 4 nitrogen and oxygen atoms in total. The summed E-state index contributed by atoms with van der Waals surface area (Å²) in [6.45, 7) is 4.15. The molecule has 114 valence electrons. The molecular formula is C15H19FN2O2S. The molecule has 0 fully saturated rings. The van der Waals surface area contributed by atoms with Crippen molar-refractivity contribution in [3.63, 3.8) is 0 Å². The Morgan fingerprint density at radius 3 is 2.33 bits per heavy atom. The summed E-state index contributed by atoms with van der Waals surface area (Å²) >= 11 is 0. The maximum Gasteiger partial charge on any atom is 0.184 e. The summed E-state index contributed by atoms with van der Waals surface area (Å²) in [6, 6.07) is 6.86. The van der Waals surface area contributed by atoms with Crippen LogP contribution in [0.2, 0.25) is 0 Å². The second kappa shape index (κ2) is 6.39. The number of rotatable bonds is 6. The minimum atomic E-state index is -3.50. The number of hydrogen-bond acceptors (Lipinski definition) is 3. The Kier molecular flexibility index (Phi) is 4.77. The monoisotopic (exact) mass is 310 g/mol. The van der Waals surface area contributed by atoms with E-state index in [9.17, 15) is 12.8 Å². The van der Waals surface area contributed by atoms with E-state index in [2.05, 4.69) is 18.9 Å². The molecule has 6 heteroatoms. The highest BCUT2D eigenvalue weighted by Gasteiger charge is 2.18. The molecule has 0 aliphatic carbocycles. The predicted molar refractivity (Wildman–Crippen MR) is 79.1 cm³/mol. The summed E-state index contributed by atoms with van der Waals surface area (Å²) in [4.78, 5) is 0.112. The molecule has 0 aliphatic heterocycles. The average Bonchev–Trinajstić information content (AvgIpc) is 2.88. The number of benzene rings is 1. The van der Waals surface area contributed by atoms with Crippen LogP contribution >= 0.6 is 0 Å². The smallest absolute Gasteiger partial charge is 0.184 e. The Morgan fingerprint density at radius 2 is 1.76 bits per heavy atom. The highest BCUT2D eigenvalue weighted by Crippen LogP contribution is 2.18. The van der Waals surface area contributed by atoms with Crippen LogP contribution in [0.3, 0.4) is 0 Å². The Labute approximate surface area is 124 Å². The Morgan fingerprint density at radius 1 is 1.14 bits per heavy atom. The lowest BCUT2D eigenvalue weighted by Crippen LogP contribution is -2.10. The van der Waals surface area contributed by atoms with Crippen LogP contribution in [-0.2, 0) is 15.6 Å². The van der Waals surface area contributed by atoms with E-state index in [4.69, 9.17) is 0 Å². The Hall–Kier alpha value is -1.69. The quantitative estimate of drug-likeness (QED) is 0.769. The second-order valence-corrected chi connectivity index (χ2v) is 6.96. The maximum atomic E-state index is 12.9. The molecule has 0 N–H and O–H groups in total. The molecule has 0 saturated heterocycles. The largest absolute Gasteiger partial charge is 0.269 e. The van der Waals surface area contributed by atoms with Crippen LogP contribution in [0.25, 0.3) is 0 Å². The zero-order valence-corrected chi connectivity index (χ0v) is 13.0. The van der Waals surface area contributed by atoms with E-state index in [-0.39, 0.29) is 16.7 Å². The lowest BCUT2D eigenvalue weighted by Gasteiger charge is -2.12. The molecule has 0 aliphatic rings. The van der Waals surface area contributed by atoms with Crippen LogP contribution < -0.4 is 0 Å². The van der Waals surface area contributed by atoms with Gasteiger partial charge in [-0.05, 0) is 43.2 Å². The topological polar surface area (TPSA) is 52.0 Å². The first-order valence-corrected chi connectivity index (χ1v) is 8.64. The number of nitrogens with zero attached hydrogens (tertiary/aromatic N) is 2. The van der Waals surface area contributed by atoms with E-state index >= 15 is 0 Å². The first-order valence-electron chi connectivity index (χ1n) is 6.98. The van der Waals surface area contributed by atoms with Gasteiger partial charge >= 0.3 is 0 Å². The molecule has 21 heavy (non-hydrogen) atoms. The van der Waals surface area contributed by atoms with Gasteiger partial charge in [0.05, 0.1) is 22.4 Å². The van der Waals surface area contributed by atoms with Crippen molar-refractivity contribution < 1.29 is 12.8 Å². The summed E-state index contributed by atoms with van der Waals surface area (Å²) in [6.07, 6.45) is 3.71. The highest BCUT2D eigenvalue weighted by molar-refractivity contribution is 7.90. The lowest BCUT2D eigenvalue weighted by molar-refractivity contribution is 0.426. The van der Waals surface area contributed by atoms with E-state index < -0.39 is 15.7 Å². The summed E-state index contributed by atoms with van der Waals surface area (Å²) in [7, 11) is -3.50. The van der Waals surface area contributed by atoms with Crippen molar-refractivity contribution >= 4 is 9.84 Å². The summed E-state index contributed by atoms with van der Waals surface area (Å²) in [5.41, 5.74) is 0.506. The molecule has 0 amide bonds. The van der Waals surface area contributed by atoms with Gasteiger partial charge in [0.15, 0.2) is 9.84 Å². The number of sulfone groups is 1. The third kappa shape index (κ3) is 3.69. The summed E-state index contributed by atoms with van der Waals surface area (Å²) in [5, 5.41) is 4.34. The molecule has 1 aromatic heterocycles. The first-order chi connectivity index (χ1) is 9.96. The molecule has 0 spiro atoms. The minimum Gasteiger partial charge on any atom is -0.269 e. The van der Waals surface area contributed by atoms with E-state index in [0.29, 0.717) is 5.69 Å². The van der Waals surface area contributed by atoms with Crippen molar-refractivity contribution in [2.75, 3.05) is 0 Å². The van der Waals surface area contributed by atoms with Crippen LogP contribution in [0.4, 0.5) is 4.39 Å². The minimum absolute atomic E-state index is 0.112. The highest BCUT2D eigenvalue weighted by atomic mass is 32.2. The SMILES string of the molecule is CCC(CC)n1ccc(CS(=O)(=O)c2ccc(F)cc2)n1. The molecule has 1 aromatic carbocycles. The van der Waals surface area contributed by atoms with Crippen molar-refractivity contribution in [3.8, 4) is 0 Å². The molecular weight excluding hydrogens is 291 g/mol. The van der Waals surface area contributed by atoms with Gasteiger partial charge in [0, 0.05) is 6.20 Å². The fraction of sp³-hybridized carbons (Fsp3) is 0.400. The van der Waals surface area contributed by atoms with E-state index in [1.807, 2.05) is 10.9 Å². The molecule has 0 unspecified atom stereocenters. The van der Waals surface area contributed by atoms with E-state index in [1.165, 1.54) is 12.1 Å². The number of halogens is 1. The van der Waals surface area contributed by atoms with Gasteiger partial charge in [0.1, 0.15) is 5.82 Å². The van der Waals surface area contributed by atoms with Crippen LogP contribution in [0.1, 0.15) is 38.4 Å². The Bertz CT molecular complexity index is 689. The third-order valence-electron chi connectivity index (χ3n) is 3.49. The normalized spacial score (nSPS) is 12.0. The van der Waals surface area contributed by atoms with Crippen LogP contribution in [-0.4, -0.2) is 18.2 Å². The van der Waals surface area contributed by atoms with Crippen molar-refractivity contribution in [2.24, 2.45) is 0 Å². The lowest BCUT2D eigenvalue weighted by atomic mass is 10.2. The predicted octanol–water partition coefficient (Wildman–Crippen LogP) is 3.36. The van der Waals surface area contributed by atoms with Crippen molar-refractivity contribution in [1.82, 2.24) is 9.78 Å². The van der Waals surface area contributed by atoms with Crippen molar-refractivity contribution in [2.45, 2.75) is 43.4 Å². The molecule has 0 radical (unpaired) electrons. The summed E-state index contributed by atoms with van der Waals surface area (Å²) in [5.74, 6) is -0.627. The fourth-order valence-electron chi connectivity index (χ4n) is 2.24. The molecule has 2 aromatic rings. The molecule has 2 rings (SSSR count). The second-order valence-electron chi connectivity index (χ2n) is 4.97. The standard InChI is InChI=1S/C15H19FN2O2S/c1-3-14(4-2)18-10-9-13(17-18)11-21(19,20)15-7-5-12(16)6-8-15/h5-10,14H,3-4,11H2,1-2H3. The van der Waals surface area contributed by atoms with Gasteiger partial charge in [0.2, 0.25) is 0 Å². The van der Waals surface area contributed by atoms with Gasteiger partial charge in [-0.15, -0.1) is 0 Å². The molecule has 0 saturated carbocycles. The fourth-order valence-corrected chi connectivity index (χ4v) is 3.50. The van der Waals surface area contributed by atoms with Crippen molar-refractivity contribution in [1.29, 1.82) is 0 Å². The number of aromatic nitrogens is 2. The van der Waals surface area contributed by atoms with Crippen LogP contribution in [0, 0.1) is 5.82 Å². The zero-order chi connectivity index (χ0) is 15.5. The van der Waals surface area contributed by atoms with Gasteiger partial charge in [-0.2, -0.15) is 5.10 Å². The Balaban J connectivity index is 2.19.